The van der Waals surface area contributed by atoms with Crippen LogP contribution >= 0.6 is 23.1 Å². The number of para-hydroxylation sites is 3. The average molecular weight is 574 g/mol. The van der Waals surface area contributed by atoms with E-state index in [0.717, 1.165) is 10.8 Å². The Morgan fingerprint density at radius 2 is 1.21 bits per heavy atom. The second kappa shape index (κ2) is 8.48. The Kier molecular flexibility index (Phi) is 4.65. The summed E-state index contributed by atoms with van der Waals surface area (Å²) in [5.41, 5.74) is 8.60. The maximum atomic E-state index is 5.44. The van der Waals surface area contributed by atoms with Crippen LogP contribution in [0.15, 0.2) is 126 Å². The van der Waals surface area contributed by atoms with Crippen molar-refractivity contribution >= 4 is 72.8 Å². The van der Waals surface area contributed by atoms with Gasteiger partial charge in [0.15, 0.2) is 5.13 Å². The van der Waals surface area contributed by atoms with Crippen molar-refractivity contribution < 1.29 is 0 Å². The van der Waals surface area contributed by atoms with Crippen molar-refractivity contribution in [3.05, 3.63) is 137 Å². The van der Waals surface area contributed by atoms with Gasteiger partial charge in [-0.15, -0.1) is 11.8 Å². The van der Waals surface area contributed by atoms with E-state index in [1.54, 1.807) is 11.3 Å². The molecular weight excluding hydrogens is 551 g/mol. The lowest BCUT2D eigenvalue weighted by Gasteiger charge is -2.19. The van der Waals surface area contributed by atoms with Crippen LogP contribution in [0, 0.1) is 0 Å². The van der Waals surface area contributed by atoms with Crippen LogP contribution in [-0.4, -0.2) is 19.4 Å². The third kappa shape index (κ3) is 3.04. The molecule has 3 nitrogen and oxygen atoms in total. The summed E-state index contributed by atoms with van der Waals surface area (Å²) in [5, 5.41) is 6.49. The van der Waals surface area contributed by atoms with Crippen LogP contribution in [0.1, 0.15) is 22.1 Å². The van der Waals surface area contributed by atoms with E-state index in [2.05, 4.69) is 137 Å². The van der Waals surface area contributed by atoms with E-state index in [-0.39, 0.29) is 0 Å². The fraction of sp³-hybridized carbons (Fsp3) is 0.0541. The number of fused-ring (bicyclic) bond motifs is 11. The molecule has 0 amide bonds. The summed E-state index contributed by atoms with van der Waals surface area (Å²) < 4.78 is 4.79. The lowest BCUT2D eigenvalue weighted by Crippen LogP contribution is -2.13. The maximum Gasteiger partial charge on any atom is 0.195 e. The van der Waals surface area contributed by atoms with Crippen molar-refractivity contribution in [2.75, 3.05) is 0 Å². The molecule has 0 bridgehead atoms. The molecule has 1 aliphatic heterocycles. The zero-order valence-electron chi connectivity index (χ0n) is 22.4. The smallest absolute Gasteiger partial charge is 0.195 e. The molecule has 0 N–H and O–H groups in total. The van der Waals surface area contributed by atoms with E-state index in [0.29, 0.717) is 11.2 Å². The van der Waals surface area contributed by atoms with Crippen LogP contribution in [-0.2, 0) is 0 Å². The number of thioether (sulfide) groups is 1. The Labute approximate surface area is 250 Å². The molecule has 2 atom stereocenters. The van der Waals surface area contributed by atoms with E-state index >= 15 is 0 Å². The molecule has 0 radical (unpaired) electrons. The molecule has 3 aromatic heterocycles. The van der Waals surface area contributed by atoms with Crippen molar-refractivity contribution in [3.8, 4) is 10.8 Å². The highest BCUT2D eigenvalue weighted by Crippen LogP contribution is 2.53. The Morgan fingerprint density at radius 1 is 0.595 bits per heavy atom. The van der Waals surface area contributed by atoms with Gasteiger partial charge < -0.3 is 4.57 Å². The molecule has 2 unspecified atom stereocenters. The fourth-order valence-corrected chi connectivity index (χ4v) is 9.55. The van der Waals surface area contributed by atoms with Gasteiger partial charge in [-0.2, -0.15) is 0 Å². The summed E-state index contributed by atoms with van der Waals surface area (Å²) in [6.45, 7) is 0. The van der Waals surface area contributed by atoms with E-state index in [1.807, 2.05) is 11.8 Å². The van der Waals surface area contributed by atoms with E-state index < -0.39 is 0 Å². The number of benzene rings is 5. The van der Waals surface area contributed by atoms with Crippen molar-refractivity contribution in [2.45, 2.75) is 16.1 Å². The van der Waals surface area contributed by atoms with Crippen LogP contribution < -0.4 is 0 Å². The summed E-state index contributed by atoms with van der Waals surface area (Å²) in [7, 11) is 0. The highest BCUT2D eigenvalue weighted by Gasteiger charge is 2.38. The van der Waals surface area contributed by atoms with E-state index in [4.69, 9.17) is 4.98 Å². The molecule has 42 heavy (non-hydrogen) atoms. The third-order valence-electron chi connectivity index (χ3n) is 8.93. The highest BCUT2D eigenvalue weighted by molar-refractivity contribution is 8.00. The van der Waals surface area contributed by atoms with Gasteiger partial charge in [0.1, 0.15) is 0 Å². The molecule has 198 valence electrons. The van der Waals surface area contributed by atoms with Gasteiger partial charge in [-0.25, -0.2) is 4.98 Å². The Hall–Kier alpha value is -4.58. The molecule has 0 fully saturated rings. The van der Waals surface area contributed by atoms with E-state index in [9.17, 15) is 0 Å². The first kappa shape index (κ1) is 23.0. The first-order valence-electron chi connectivity index (χ1n) is 14.3. The maximum absolute atomic E-state index is 5.44. The van der Waals surface area contributed by atoms with Gasteiger partial charge in [0.25, 0.3) is 0 Å². The highest BCUT2D eigenvalue weighted by atomic mass is 32.2. The second-order valence-electron chi connectivity index (χ2n) is 11.1. The number of hydrogen-bond acceptors (Lipinski definition) is 3. The predicted octanol–water partition coefficient (Wildman–Crippen LogP) is 9.97. The lowest BCUT2D eigenvalue weighted by atomic mass is 9.89. The predicted molar refractivity (Wildman–Crippen MR) is 178 cm³/mol. The van der Waals surface area contributed by atoms with Gasteiger partial charge >= 0.3 is 0 Å². The normalized spacial score (nSPS) is 17.3. The molecule has 8 aromatic rings. The molecule has 4 heterocycles. The first-order chi connectivity index (χ1) is 20.8. The van der Waals surface area contributed by atoms with Gasteiger partial charge in [0.2, 0.25) is 0 Å². The summed E-state index contributed by atoms with van der Waals surface area (Å²) in [4.78, 5) is 8.09. The van der Waals surface area contributed by atoms with Crippen molar-refractivity contribution in [3.63, 3.8) is 0 Å². The number of aromatic nitrogens is 3. The third-order valence-corrected chi connectivity index (χ3v) is 11.3. The summed E-state index contributed by atoms with van der Waals surface area (Å²) in [5.74, 6) is 0.303. The van der Waals surface area contributed by atoms with Crippen molar-refractivity contribution in [1.82, 2.24) is 14.1 Å². The summed E-state index contributed by atoms with van der Waals surface area (Å²) in [6, 6.07) is 41.9. The zero-order valence-corrected chi connectivity index (χ0v) is 24.1. The van der Waals surface area contributed by atoms with Crippen molar-refractivity contribution in [1.29, 1.82) is 0 Å². The molecule has 0 saturated carbocycles. The molecule has 5 heteroatoms. The van der Waals surface area contributed by atoms with Crippen LogP contribution in [0.5, 0.6) is 0 Å². The number of hydrogen-bond donors (Lipinski definition) is 0. The SMILES string of the molecule is C1=CC2Sc3ccccc3C2c2nc(-n3c4ccccc4c4ccc(-n5c6ccccc6c6ccccc65)cc43)sc21. The van der Waals surface area contributed by atoms with Crippen LogP contribution in [0.3, 0.4) is 0 Å². The minimum absolute atomic E-state index is 0.303. The number of rotatable bonds is 2. The van der Waals surface area contributed by atoms with Gasteiger partial charge in [-0.1, -0.05) is 96.3 Å². The Bertz CT molecular complexity index is 2370. The van der Waals surface area contributed by atoms with Gasteiger partial charge in [0.05, 0.1) is 32.6 Å². The van der Waals surface area contributed by atoms with Gasteiger partial charge in [-0.3, -0.25) is 4.57 Å². The number of nitrogens with zero attached hydrogens (tertiary/aromatic N) is 3. The Balaban J connectivity index is 1.23. The average Bonchev–Trinajstić information content (AvgIpc) is 3.79. The minimum atomic E-state index is 0.303. The number of thiazole rings is 1. The first-order valence-corrected chi connectivity index (χ1v) is 16.0. The topological polar surface area (TPSA) is 22.8 Å². The van der Waals surface area contributed by atoms with Crippen LogP contribution in [0.25, 0.3) is 60.5 Å². The zero-order chi connectivity index (χ0) is 27.4. The summed E-state index contributed by atoms with van der Waals surface area (Å²) in [6.07, 6.45) is 4.68. The molecule has 10 rings (SSSR count). The molecule has 0 spiro atoms. The monoisotopic (exact) mass is 573 g/mol. The Morgan fingerprint density at radius 3 is 1.95 bits per heavy atom. The lowest BCUT2D eigenvalue weighted by molar-refractivity contribution is 0.812. The molecule has 1 aliphatic carbocycles. The van der Waals surface area contributed by atoms with Crippen LogP contribution in [0.4, 0.5) is 0 Å². The van der Waals surface area contributed by atoms with Crippen LogP contribution in [0.2, 0.25) is 0 Å². The minimum Gasteiger partial charge on any atom is -0.309 e. The largest absolute Gasteiger partial charge is 0.309 e. The fourth-order valence-electron chi connectivity index (χ4n) is 7.15. The van der Waals surface area contributed by atoms with Gasteiger partial charge in [-0.05, 0) is 48.0 Å². The molecular formula is C37H23N3S2. The van der Waals surface area contributed by atoms with Gasteiger partial charge in [0, 0.05) is 43.3 Å². The molecule has 2 aliphatic rings. The quantitative estimate of drug-likeness (QED) is 0.205. The van der Waals surface area contributed by atoms with E-state index in [1.165, 1.54) is 64.6 Å². The molecule has 5 aromatic carbocycles. The summed E-state index contributed by atoms with van der Waals surface area (Å²) >= 11 is 3.77. The standard InChI is InChI=1S/C37H23N3S2/c1-5-13-28-23(9-1)24-10-2-6-14-29(24)39(28)22-17-18-26-25-11-3-7-15-30(25)40(31(26)21-22)37-38-36-34(42-37)20-19-33-35(36)27-12-4-8-16-32(27)41-33/h1-21,33,35H. The second-order valence-corrected chi connectivity index (χ2v) is 13.4. The van der Waals surface area contributed by atoms with Crippen molar-refractivity contribution in [2.24, 2.45) is 0 Å². The molecule has 0 saturated heterocycles.